The molecule has 0 radical (unpaired) electrons. The van der Waals surface area contributed by atoms with Crippen LogP contribution in [0, 0.1) is 0 Å². The van der Waals surface area contributed by atoms with E-state index in [-0.39, 0.29) is 22.7 Å². The molecule has 160 valence electrons. The van der Waals surface area contributed by atoms with Gasteiger partial charge in [-0.15, -0.1) is 0 Å². The average molecular weight is 438 g/mol. The quantitative estimate of drug-likeness (QED) is 0.511. The zero-order valence-corrected chi connectivity index (χ0v) is 17.1. The van der Waals surface area contributed by atoms with Crippen molar-refractivity contribution in [3.8, 4) is 11.3 Å². The second kappa shape index (κ2) is 9.01. The van der Waals surface area contributed by atoms with Crippen molar-refractivity contribution < 1.29 is 26.1 Å². The van der Waals surface area contributed by atoms with E-state index in [0.717, 1.165) is 18.1 Å². The lowest BCUT2D eigenvalue weighted by Crippen LogP contribution is -2.26. The van der Waals surface area contributed by atoms with Crippen molar-refractivity contribution in [1.82, 2.24) is 9.88 Å². The number of benzene rings is 2. The van der Waals surface area contributed by atoms with Gasteiger partial charge in [0.1, 0.15) is 5.69 Å². The fourth-order valence-electron chi connectivity index (χ4n) is 3.02. The van der Waals surface area contributed by atoms with Gasteiger partial charge in [0.05, 0.1) is 4.90 Å². The van der Waals surface area contributed by atoms with Crippen LogP contribution < -0.4 is 4.72 Å². The highest BCUT2D eigenvalue weighted by Crippen LogP contribution is 2.33. The maximum Gasteiger partial charge on any atom is 0.452 e. The SMILES string of the molecule is CCc1ccc(-c2cc(C(F)(F)F)on2)cc1S(=O)(=O)NCCCc1ccccc1. The number of halogens is 3. The lowest BCUT2D eigenvalue weighted by atomic mass is 10.1. The van der Waals surface area contributed by atoms with Gasteiger partial charge < -0.3 is 4.52 Å². The summed E-state index contributed by atoms with van der Waals surface area (Å²) in [6.45, 7) is 2.05. The molecule has 30 heavy (non-hydrogen) atoms. The van der Waals surface area contributed by atoms with Crippen LogP contribution in [0.25, 0.3) is 11.3 Å². The van der Waals surface area contributed by atoms with E-state index in [1.165, 1.54) is 12.1 Å². The first kappa shape index (κ1) is 22.0. The summed E-state index contributed by atoms with van der Waals surface area (Å²) in [5, 5.41) is 3.43. The second-order valence-electron chi connectivity index (χ2n) is 6.74. The van der Waals surface area contributed by atoms with Crippen LogP contribution in [0.2, 0.25) is 0 Å². The first-order valence-corrected chi connectivity index (χ1v) is 10.9. The minimum absolute atomic E-state index is 0.0266. The molecule has 0 unspecified atom stereocenters. The third-order valence-corrected chi connectivity index (χ3v) is 6.14. The second-order valence-corrected chi connectivity index (χ2v) is 8.47. The average Bonchev–Trinajstić information content (AvgIpc) is 3.22. The fourth-order valence-corrected chi connectivity index (χ4v) is 4.43. The van der Waals surface area contributed by atoms with Gasteiger partial charge in [0, 0.05) is 18.2 Å². The number of alkyl halides is 3. The summed E-state index contributed by atoms with van der Waals surface area (Å²) in [5.41, 5.74) is 1.83. The normalized spacial score (nSPS) is 12.3. The van der Waals surface area contributed by atoms with Gasteiger partial charge in [0.2, 0.25) is 15.8 Å². The number of nitrogens with one attached hydrogen (secondary N) is 1. The predicted molar refractivity (Wildman–Crippen MR) is 106 cm³/mol. The molecule has 0 saturated carbocycles. The Morgan fingerprint density at radius 3 is 2.43 bits per heavy atom. The first-order valence-electron chi connectivity index (χ1n) is 9.41. The third kappa shape index (κ3) is 5.28. The van der Waals surface area contributed by atoms with Crippen LogP contribution in [-0.4, -0.2) is 20.1 Å². The zero-order chi connectivity index (χ0) is 21.8. The molecule has 0 aliphatic heterocycles. The Morgan fingerprint density at radius 1 is 1.07 bits per heavy atom. The Hall–Kier alpha value is -2.65. The lowest BCUT2D eigenvalue weighted by Gasteiger charge is -2.12. The molecule has 5 nitrogen and oxygen atoms in total. The summed E-state index contributed by atoms with van der Waals surface area (Å²) in [6.07, 6.45) is -2.87. The largest absolute Gasteiger partial charge is 0.452 e. The maximum absolute atomic E-state index is 12.8. The van der Waals surface area contributed by atoms with E-state index in [1.54, 1.807) is 13.0 Å². The molecular formula is C21H21F3N2O3S. The summed E-state index contributed by atoms with van der Waals surface area (Å²) >= 11 is 0. The maximum atomic E-state index is 12.8. The van der Waals surface area contributed by atoms with E-state index in [9.17, 15) is 21.6 Å². The number of aromatic nitrogens is 1. The van der Waals surface area contributed by atoms with E-state index in [2.05, 4.69) is 14.4 Å². The molecular weight excluding hydrogens is 417 g/mol. The van der Waals surface area contributed by atoms with E-state index in [1.807, 2.05) is 30.3 Å². The Kier molecular flexibility index (Phi) is 6.62. The van der Waals surface area contributed by atoms with Crippen LogP contribution in [0.15, 0.2) is 64.0 Å². The van der Waals surface area contributed by atoms with Gasteiger partial charge in [-0.3, -0.25) is 0 Å². The molecule has 0 aliphatic rings. The topological polar surface area (TPSA) is 72.2 Å². The Morgan fingerprint density at radius 2 is 1.80 bits per heavy atom. The van der Waals surface area contributed by atoms with Crippen LogP contribution in [0.5, 0.6) is 0 Å². The smallest absolute Gasteiger partial charge is 0.351 e. The van der Waals surface area contributed by atoms with Gasteiger partial charge in [0.25, 0.3) is 0 Å². The van der Waals surface area contributed by atoms with Gasteiger partial charge in [-0.25, -0.2) is 13.1 Å². The highest BCUT2D eigenvalue weighted by Gasteiger charge is 2.36. The molecule has 0 bridgehead atoms. The molecule has 0 spiro atoms. The van der Waals surface area contributed by atoms with E-state index >= 15 is 0 Å². The molecule has 3 aromatic rings. The van der Waals surface area contributed by atoms with E-state index in [0.29, 0.717) is 18.4 Å². The van der Waals surface area contributed by atoms with Crippen molar-refractivity contribution in [2.45, 2.75) is 37.3 Å². The van der Waals surface area contributed by atoms with Crippen LogP contribution >= 0.6 is 0 Å². The van der Waals surface area contributed by atoms with Crippen LogP contribution in [0.1, 0.15) is 30.2 Å². The highest BCUT2D eigenvalue weighted by atomic mass is 32.2. The molecule has 0 fully saturated rings. The van der Waals surface area contributed by atoms with Crippen molar-refractivity contribution in [2.75, 3.05) is 6.54 Å². The molecule has 2 aromatic carbocycles. The summed E-state index contributed by atoms with van der Waals surface area (Å²) < 4.78 is 70.9. The lowest BCUT2D eigenvalue weighted by molar-refractivity contribution is -0.155. The number of rotatable bonds is 8. The Bertz CT molecular complexity index is 1090. The van der Waals surface area contributed by atoms with Crippen molar-refractivity contribution in [2.24, 2.45) is 0 Å². The van der Waals surface area contributed by atoms with Crippen molar-refractivity contribution in [1.29, 1.82) is 0 Å². The van der Waals surface area contributed by atoms with Gasteiger partial charge in [-0.2, -0.15) is 13.2 Å². The van der Waals surface area contributed by atoms with Gasteiger partial charge in [-0.05, 0) is 36.5 Å². The molecule has 3 rings (SSSR count). The van der Waals surface area contributed by atoms with Crippen LogP contribution in [0.3, 0.4) is 0 Å². The summed E-state index contributed by atoms with van der Waals surface area (Å²) in [6, 6.07) is 14.9. The molecule has 1 heterocycles. The molecule has 1 aromatic heterocycles. The standard InChI is InChI=1S/C21H21F3N2O3S/c1-2-16-10-11-17(18-14-20(29-26-18)21(22,23)24)13-19(16)30(27,28)25-12-6-9-15-7-4-3-5-8-15/h3-5,7-8,10-11,13-14,25H,2,6,9,12H2,1H3. The zero-order valence-electron chi connectivity index (χ0n) is 16.2. The highest BCUT2D eigenvalue weighted by molar-refractivity contribution is 7.89. The summed E-state index contributed by atoms with van der Waals surface area (Å²) in [7, 11) is -3.84. The van der Waals surface area contributed by atoms with Crippen molar-refractivity contribution in [3.05, 3.63) is 71.5 Å². The molecule has 0 atom stereocenters. The number of sulfonamides is 1. The Labute approximate surface area is 173 Å². The molecule has 0 saturated heterocycles. The van der Waals surface area contributed by atoms with Crippen LogP contribution in [0.4, 0.5) is 13.2 Å². The van der Waals surface area contributed by atoms with Gasteiger partial charge >= 0.3 is 6.18 Å². The number of hydrogen-bond donors (Lipinski definition) is 1. The first-order chi connectivity index (χ1) is 14.2. The monoisotopic (exact) mass is 438 g/mol. The van der Waals surface area contributed by atoms with E-state index < -0.39 is 22.0 Å². The number of aryl methyl sites for hydroxylation is 2. The van der Waals surface area contributed by atoms with Gasteiger partial charge in [-0.1, -0.05) is 54.5 Å². The summed E-state index contributed by atoms with van der Waals surface area (Å²) in [4.78, 5) is 0.0266. The fraction of sp³-hybridized carbons (Fsp3) is 0.286. The molecule has 0 amide bonds. The van der Waals surface area contributed by atoms with Crippen LogP contribution in [-0.2, 0) is 29.0 Å². The predicted octanol–water partition coefficient (Wildman–Crippen LogP) is 4.83. The molecule has 9 heteroatoms. The Balaban J connectivity index is 1.77. The van der Waals surface area contributed by atoms with Gasteiger partial charge in [0.15, 0.2) is 0 Å². The van der Waals surface area contributed by atoms with E-state index in [4.69, 9.17) is 0 Å². The summed E-state index contributed by atoms with van der Waals surface area (Å²) in [5.74, 6) is -1.24. The van der Waals surface area contributed by atoms with Crippen molar-refractivity contribution in [3.63, 3.8) is 0 Å². The number of hydrogen-bond acceptors (Lipinski definition) is 4. The minimum atomic E-state index is -4.66. The number of nitrogens with zero attached hydrogens (tertiary/aromatic N) is 1. The van der Waals surface area contributed by atoms with Crippen molar-refractivity contribution >= 4 is 10.0 Å². The molecule has 0 aliphatic carbocycles. The minimum Gasteiger partial charge on any atom is -0.351 e. The molecule has 1 N–H and O–H groups in total. The third-order valence-electron chi connectivity index (χ3n) is 4.60.